The largest absolute Gasteiger partial charge is 0.298 e. The highest BCUT2D eigenvalue weighted by molar-refractivity contribution is 7.92. The molecule has 0 N–H and O–H groups in total. The van der Waals surface area contributed by atoms with Gasteiger partial charge in [0.1, 0.15) is 6.29 Å². The first kappa shape index (κ1) is 15.7. The molecule has 0 saturated carbocycles. The molecule has 5 heteroatoms. The van der Waals surface area contributed by atoms with Crippen molar-refractivity contribution in [1.82, 2.24) is 0 Å². The van der Waals surface area contributed by atoms with Crippen LogP contribution in [0.2, 0.25) is 0 Å². The second-order valence-electron chi connectivity index (χ2n) is 5.85. The van der Waals surface area contributed by atoms with Gasteiger partial charge < -0.3 is 0 Å². The highest BCUT2D eigenvalue weighted by Gasteiger charge is 2.37. The van der Waals surface area contributed by atoms with Crippen molar-refractivity contribution in [3.8, 4) is 0 Å². The third kappa shape index (κ3) is 2.55. The van der Waals surface area contributed by atoms with Crippen molar-refractivity contribution in [2.45, 2.75) is 31.1 Å². The zero-order valence-corrected chi connectivity index (χ0v) is 14.0. The minimum Gasteiger partial charge on any atom is -0.298 e. The van der Waals surface area contributed by atoms with E-state index in [4.69, 9.17) is 0 Å². The van der Waals surface area contributed by atoms with Crippen LogP contribution in [0.5, 0.6) is 0 Å². The van der Waals surface area contributed by atoms with E-state index < -0.39 is 10.0 Å². The van der Waals surface area contributed by atoms with Gasteiger partial charge in [0.2, 0.25) is 0 Å². The highest BCUT2D eigenvalue weighted by Crippen LogP contribution is 2.42. The topological polar surface area (TPSA) is 54.5 Å². The van der Waals surface area contributed by atoms with Gasteiger partial charge in [-0.2, -0.15) is 0 Å². The van der Waals surface area contributed by atoms with Gasteiger partial charge in [-0.3, -0.25) is 9.10 Å². The standard InChI is InChI=1S/C18H19NO3S/c1-3-14-11-19(17-6-4-5-15(12-20)18(14)17)23(21,22)16-9-7-13(2)8-10-16/h4-10,12,14H,3,11H2,1-2H3/t14-/m0/s1. The summed E-state index contributed by atoms with van der Waals surface area (Å²) in [6.45, 7) is 4.32. The molecule has 0 unspecified atom stereocenters. The van der Waals surface area contributed by atoms with Gasteiger partial charge in [0.05, 0.1) is 10.6 Å². The van der Waals surface area contributed by atoms with Gasteiger partial charge in [-0.1, -0.05) is 36.8 Å². The van der Waals surface area contributed by atoms with E-state index in [1.807, 2.05) is 13.8 Å². The molecule has 1 heterocycles. The number of anilines is 1. The summed E-state index contributed by atoms with van der Waals surface area (Å²) in [6.07, 6.45) is 1.60. The van der Waals surface area contributed by atoms with Crippen molar-refractivity contribution < 1.29 is 13.2 Å². The molecule has 0 spiro atoms. The zero-order valence-electron chi connectivity index (χ0n) is 13.2. The van der Waals surface area contributed by atoms with E-state index >= 15 is 0 Å². The molecule has 0 amide bonds. The predicted molar refractivity (Wildman–Crippen MR) is 90.6 cm³/mol. The fourth-order valence-electron chi connectivity index (χ4n) is 3.12. The van der Waals surface area contributed by atoms with Gasteiger partial charge >= 0.3 is 0 Å². The normalized spacial score (nSPS) is 17.1. The molecule has 0 saturated heterocycles. The number of rotatable bonds is 4. The lowest BCUT2D eigenvalue weighted by Gasteiger charge is -2.20. The first-order chi connectivity index (χ1) is 11.0. The maximum atomic E-state index is 13.0. The summed E-state index contributed by atoms with van der Waals surface area (Å²) >= 11 is 0. The van der Waals surface area contributed by atoms with Crippen molar-refractivity contribution in [3.63, 3.8) is 0 Å². The Kier molecular flexibility index (Phi) is 3.98. The number of carbonyl (C=O) groups is 1. The monoisotopic (exact) mass is 329 g/mol. The third-order valence-electron chi connectivity index (χ3n) is 4.41. The summed E-state index contributed by atoms with van der Waals surface area (Å²) in [5.41, 5.74) is 3.07. The van der Waals surface area contributed by atoms with Gasteiger partial charge in [0.15, 0.2) is 0 Å². The molecule has 0 fully saturated rings. The second kappa shape index (κ2) is 5.81. The number of hydrogen-bond acceptors (Lipinski definition) is 3. The van der Waals surface area contributed by atoms with Crippen LogP contribution >= 0.6 is 0 Å². The van der Waals surface area contributed by atoms with Crippen LogP contribution in [0.3, 0.4) is 0 Å². The Labute approximate surface area is 136 Å². The van der Waals surface area contributed by atoms with E-state index in [9.17, 15) is 13.2 Å². The maximum Gasteiger partial charge on any atom is 0.264 e. The van der Waals surface area contributed by atoms with Crippen LogP contribution in [-0.4, -0.2) is 21.2 Å². The molecule has 0 aliphatic carbocycles. The van der Waals surface area contributed by atoms with Gasteiger partial charge in [0.25, 0.3) is 10.0 Å². The Morgan fingerprint density at radius 2 is 1.87 bits per heavy atom. The average molecular weight is 329 g/mol. The Bertz CT molecular complexity index is 841. The summed E-state index contributed by atoms with van der Waals surface area (Å²) in [7, 11) is -3.62. The molecule has 23 heavy (non-hydrogen) atoms. The zero-order chi connectivity index (χ0) is 16.6. The average Bonchev–Trinajstić information content (AvgIpc) is 2.95. The maximum absolute atomic E-state index is 13.0. The molecule has 1 atom stereocenters. The summed E-state index contributed by atoms with van der Waals surface area (Å²) in [5, 5.41) is 0. The van der Waals surface area contributed by atoms with E-state index in [-0.39, 0.29) is 10.8 Å². The molecule has 2 aromatic carbocycles. The number of fused-ring (bicyclic) bond motifs is 1. The van der Waals surface area contributed by atoms with E-state index in [1.54, 1.807) is 42.5 Å². The van der Waals surface area contributed by atoms with Crippen LogP contribution in [-0.2, 0) is 10.0 Å². The highest BCUT2D eigenvalue weighted by atomic mass is 32.2. The van der Waals surface area contributed by atoms with Crippen molar-refractivity contribution in [1.29, 1.82) is 0 Å². The molecule has 1 aliphatic heterocycles. The summed E-state index contributed by atoms with van der Waals surface area (Å²) in [6, 6.07) is 12.1. The molecule has 0 radical (unpaired) electrons. The lowest BCUT2D eigenvalue weighted by Crippen LogP contribution is -2.29. The van der Waals surface area contributed by atoms with E-state index in [0.29, 0.717) is 17.8 Å². The first-order valence-corrected chi connectivity index (χ1v) is 9.10. The number of nitrogens with zero attached hydrogens (tertiary/aromatic N) is 1. The Morgan fingerprint density at radius 1 is 1.17 bits per heavy atom. The van der Waals surface area contributed by atoms with Gasteiger partial charge in [-0.25, -0.2) is 8.42 Å². The number of hydrogen-bond donors (Lipinski definition) is 0. The van der Waals surface area contributed by atoms with Crippen molar-refractivity contribution in [2.24, 2.45) is 0 Å². The smallest absolute Gasteiger partial charge is 0.264 e. The minimum absolute atomic E-state index is 0.0478. The lowest BCUT2D eigenvalue weighted by atomic mass is 9.94. The van der Waals surface area contributed by atoms with Crippen LogP contribution in [0.1, 0.15) is 40.7 Å². The van der Waals surface area contributed by atoms with Crippen molar-refractivity contribution in [3.05, 3.63) is 59.2 Å². The molecule has 2 aromatic rings. The van der Waals surface area contributed by atoms with Crippen molar-refractivity contribution in [2.75, 3.05) is 10.8 Å². The lowest BCUT2D eigenvalue weighted by molar-refractivity contribution is 0.112. The van der Waals surface area contributed by atoms with Crippen LogP contribution < -0.4 is 4.31 Å². The van der Waals surface area contributed by atoms with E-state index in [1.165, 1.54) is 4.31 Å². The molecule has 4 nitrogen and oxygen atoms in total. The quantitative estimate of drug-likeness (QED) is 0.807. The van der Waals surface area contributed by atoms with Crippen LogP contribution in [0.25, 0.3) is 0 Å². The summed E-state index contributed by atoms with van der Waals surface area (Å²) in [4.78, 5) is 11.6. The molecule has 0 aromatic heterocycles. The molecular weight excluding hydrogens is 310 g/mol. The predicted octanol–water partition coefficient (Wildman–Crippen LogP) is 3.51. The third-order valence-corrected chi connectivity index (χ3v) is 6.20. The molecule has 3 rings (SSSR count). The molecule has 0 bridgehead atoms. The molecular formula is C18H19NO3S. The second-order valence-corrected chi connectivity index (χ2v) is 7.71. The first-order valence-electron chi connectivity index (χ1n) is 7.66. The Morgan fingerprint density at radius 3 is 2.48 bits per heavy atom. The van der Waals surface area contributed by atoms with Gasteiger partial charge in [0, 0.05) is 18.0 Å². The number of benzene rings is 2. The number of carbonyl (C=O) groups excluding carboxylic acids is 1. The van der Waals surface area contributed by atoms with Gasteiger partial charge in [-0.05, 0) is 37.1 Å². The van der Waals surface area contributed by atoms with E-state index in [2.05, 4.69) is 0 Å². The minimum atomic E-state index is -3.62. The van der Waals surface area contributed by atoms with Crippen LogP contribution in [0.15, 0.2) is 47.4 Å². The molecule has 120 valence electrons. The van der Waals surface area contributed by atoms with Crippen molar-refractivity contribution >= 4 is 22.0 Å². The van der Waals surface area contributed by atoms with Crippen LogP contribution in [0.4, 0.5) is 5.69 Å². The van der Waals surface area contributed by atoms with Gasteiger partial charge in [-0.15, -0.1) is 0 Å². The summed E-state index contributed by atoms with van der Waals surface area (Å²) < 4.78 is 27.5. The Hall–Kier alpha value is -2.14. The number of aldehydes is 1. The fraction of sp³-hybridized carbons (Fsp3) is 0.278. The SMILES string of the molecule is CC[C@H]1CN(S(=O)(=O)c2ccc(C)cc2)c2cccc(C=O)c21. The number of sulfonamides is 1. The van der Waals surface area contributed by atoms with Crippen LogP contribution in [0, 0.1) is 6.92 Å². The van der Waals surface area contributed by atoms with E-state index in [0.717, 1.165) is 23.8 Å². The summed E-state index contributed by atoms with van der Waals surface area (Å²) in [5.74, 6) is 0.0478. The molecule has 1 aliphatic rings. The fourth-order valence-corrected chi connectivity index (χ4v) is 4.65. The number of aryl methyl sites for hydroxylation is 1. The Balaban J connectivity index is 2.13.